The summed E-state index contributed by atoms with van der Waals surface area (Å²) >= 11 is 6.03. The van der Waals surface area contributed by atoms with Crippen LogP contribution in [0, 0.1) is 0 Å². The van der Waals surface area contributed by atoms with Crippen LogP contribution in [0.4, 0.5) is 22.9 Å². The van der Waals surface area contributed by atoms with Crippen LogP contribution in [0.1, 0.15) is 37.0 Å². The molecule has 13 nitrogen and oxygen atoms in total. The molecule has 0 saturated carbocycles. The van der Waals surface area contributed by atoms with Crippen molar-refractivity contribution in [1.29, 1.82) is 0 Å². The molecule has 0 aliphatic heterocycles. The van der Waals surface area contributed by atoms with Gasteiger partial charge in [-0.25, -0.2) is 18.2 Å². The number of hydrogen-bond donors (Lipinski definition) is 5. The molecular formula is C36H40ClN7O6S. The maximum absolute atomic E-state index is 12.3. The number of carbonyl (C=O) groups is 1. The Hall–Kier alpha value is -5.15. The number of sulfonamides is 1. The highest BCUT2D eigenvalue weighted by atomic mass is 35.5. The van der Waals surface area contributed by atoms with Crippen molar-refractivity contribution >= 4 is 61.4 Å². The van der Waals surface area contributed by atoms with Crippen LogP contribution < -0.4 is 10.0 Å². The molecule has 268 valence electrons. The Morgan fingerprint density at radius 1 is 0.941 bits per heavy atom. The minimum Gasteiger partial charge on any atom is -0.507 e. The number of hydrogen-bond acceptors (Lipinski definition) is 11. The van der Waals surface area contributed by atoms with Gasteiger partial charge in [0.25, 0.3) is 10.0 Å². The molecule has 3 aromatic carbocycles. The van der Waals surface area contributed by atoms with Crippen molar-refractivity contribution in [1.82, 2.24) is 14.9 Å². The van der Waals surface area contributed by atoms with Crippen molar-refractivity contribution < 1.29 is 28.5 Å². The minimum absolute atomic E-state index is 0.0231. The summed E-state index contributed by atoms with van der Waals surface area (Å²) in [6.45, 7) is 7.32. The van der Waals surface area contributed by atoms with Crippen LogP contribution in [0.3, 0.4) is 0 Å². The second-order valence-electron chi connectivity index (χ2n) is 11.4. The first-order valence-electron chi connectivity index (χ1n) is 16.1. The lowest BCUT2D eigenvalue weighted by Crippen LogP contribution is -2.28. The van der Waals surface area contributed by atoms with Gasteiger partial charge in [0.05, 0.1) is 28.4 Å². The number of carboxylic acids is 1. The lowest BCUT2D eigenvalue weighted by atomic mass is 10.1. The minimum atomic E-state index is -3.79. The standard InChI is InChI=1S/C18H26ClN3O.C18H14N4O5S/c1-3-22(11-12-23)10-4-5-14(2)21-17-8-9-20-18-13-15(19)6-7-16(17)18;23-16-9-6-13(11-15(16)18(24)25)21-20-12-4-7-14(8-5-12)28(26,27)22-17-3-1-2-10-19-17/h6-9,13-14,23H,3-5,10-12H2,1-2H3,(H,20,21);1-11,23H,(H,19,22)(H,24,25). The van der Waals surface area contributed by atoms with Gasteiger partial charge in [-0.2, -0.15) is 10.2 Å². The molecule has 0 spiro atoms. The van der Waals surface area contributed by atoms with E-state index in [1.54, 1.807) is 12.1 Å². The number of pyridine rings is 2. The Morgan fingerprint density at radius 3 is 2.37 bits per heavy atom. The van der Waals surface area contributed by atoms with E-state index in [4.69, 9.17) is 21.8 Å². The molecular weight excluding hydrogens is 694 g/mol. The van der Waals surface area contributed by atoms with E-state index in [0.29, 0.717) is 16.8 Å². The summed E-state index contributed by atoms with van der Waals surface area (Å²) in [5, 5.41) is 40.7. The number of aromatic hydroxyl groups is 1. The zero-order valence-electron chi connectivity index (χ0n) is 28.1. The van der Waals surface area contributed by atoms with Crippen LogP contribution >= 0.6 is 11.6 Å². The lowest BCUT2D eigenvalue weighted by Gasteiger charge is -2.21. The molecule has 0 aliphatic rings. The molecule has 0 amide bonds. The van der Waals surface area contributed by atoms with Gasteiger partial charge in [0.1, 0.15) is 17.1 Å². The zero-order valence-corrected chi connectivity index (χ0v) is 29.7. The highest BCUT2D eigenvalue weighted by molar-refractivity contribution is 7.92. The molecule has 2 heterocycles. The summed E-state index contributed by atoms with van der Waals surface area (Å²) < 4.78 is 27.0. The molecule has 0 bridgehead atoms. The number of likely N-dealkylation sites (N-methyl/N-ethyl adjacent to an activating group) is 1. The summed E-state index contributed by atoms with van der Waals surface area (Å²) in [5.74, 6) is -1.46. The third-order valence-electron chi connectivity index (χ3n) is 7.62. The molecule has 51 heavy (non-hydrogen) atoms. The molecule has 15 heteroatoms. The number of azo groups is 1. The van der Waals surface area contributed by atoms with Crippen LogP contribution in [-0.4, -0.2) is 76.9 Å². The molecule has 5 rings (SSSR count). The molecule has 0 aliphatic carbocycles. The Bertz CT molecular complexity index is 2030. The maximum Gasteiger partial charge on any atom is 0.339 e. The summed E-state index contributed by atoms with van der Waals surface area (Å²) in [5.41, 5.74) is 2.31. The number of anilines is 2. The van der Waals surface area contributed by atoms with E-state index in [1.807, 2.05) is 30.5 Å². The molecule has 5 aromatic rings. The first-order chi connectivity index (χ1) is 24.5. The molecule has 0 radical (unpaired) electrons. The number of nitrogens with zero attached hydrogens (tertiary/aromatic N) is 5. The topological polar surface area (TPSA) is 190 Å². The number of aromatic nitrogens is 2. The molecule has 1 atom stereocenters. The van der Waals surface area contributed by atoms with E-state index >= 15 is 0 Å². The highest BCUT2D eigenvalue weighted by Gasteiger charge is 2.15. The number of aliphatic hydroxyl groups is 1. The number of aliphatic hydroxyl groups excluding tert-OH is 1. The largest absolute Gasteiger partial charge is 0.507 e. The number of phenols is 1. The Kier molecular flexibility index (Phi) is 14.2. The number of nitrogens with one attached hydrogen (secondary N) is 2. The average molecular weight is 734 g/mol. The van der Waals surface area contributed by atoms with Gasteiger partial charge in [0.2, 0.25) is 0 Å². The first kappa shape index (κ1) is 38.6. The average Bonchev–Trinajstić information content (AvgIpc) is 3.11. The van der Waals surface area contributed by atoms with E-state index in [9.17, 15) is 18.3 Å². The summed E-state index contributed by atoms with van der Waals surface area (Å²) in [6, 6.07) is 22.5. The number of halogens is 1. The van der Waals surface area contributed by atoms with E-state index in [2.05, 4.69) is 49.0 Å². The van der Waals surface area contributed by atoms with Gasteiger partial charge in [-0.1, -0.05) is 24.6 Å². The number of fused-ring (bicyclic) bond motifs is 1. The monoisotopic (exact) mass is 733 g/mol. The summed E-state index contributed by atoms with van der Waals surface area (Å²) in [6.07, 6.45) is 5.48. The normalized spacial score (nSPS) is 12.0. The molecule has 0 saturated heterocycles. The van der Waals surface area contributed by atoms with Crippen LogP contribution in [0.5, 0.6) is 5.75 Å². The van der Waals surface area contributed by atoms with Crippen LogP contribution in [0.15, 0.2) is 112 Å². The quantitative estimate of drug-likeness (QED) is 0.0674. The van der Waals surface area contributed by atoms with Gasteiger partial charge in [-0.3, -0.25) is 9.71 Å². The summed E-state index contributed by atoms with van der Waals surface area (Å²) in [4.78, 5) is 21.6. The molecule has 0 fully saturated rings. The van der Waals surface area contributed by atoms with E-state index < -0.39 is 16.0 Å². The van der Waals surface area contributed by atoms with Crippen molar-refractivity contribution in [2.45, 2.75) is 37.6 Å². The Morgan fingerprint density at radius 2 is 1.69 bits per heavy atom. The first-order valence-corrected chi connectivity index (χ1v) is 18.0. The fourth-order valence-corrected chi connectivity index (χ4v) is 6.13. The van der Waals surface area contributed by atoms with Crippen molar-refractivity contribution in [3.63, 3.8) is 0 Å². The summed E-state index contributed by atoms with van der Waals surface area (Å²) in [7, 11) is -3.79. The van der Waals surface area contributed by atoms with Gasteiger partial charge < -0.3 is 25.5 Å². The predicted molar refractivity (Wildman–Crippen MR) is 199 cm³/mol. The maximum atomic E-state index is 12.3. The molecule has 5 N–H and O–H groups in total. The fraction of sp³-hybridized carbons (Fsp3) is 0.250. The number of benzene rings is 3. The third-order valence-corrected chi connectivity index (χ3v) is 9.23. The Balaban J connectivity index is 0.000000233. The molecule has 1 unspecified atom stereocenters. The number of rotatable bonds is 15. The fourth-order valence-electron chi connectivity index (χ4n) is 4.96. The van der Waals surface area contributed by atoms with E-state index in [1.165, 1.54) is 54.7 Å². The van der Waals surface area contributed by atoms with Crippen LogP contribution in [0.25, 0.3) is 10.9 Å². The SMILES string of the molecule is CCN(CCO)CCCC(C)Nc1ccnc2cc(Cl)ccc12.O=C(O)c1cc(N=Nc2ccc(S(=O)(=O)Nc3ccccn3)cc2)ccc1O. The van der Waals surface area contributed by atoms with Gasteiger partial charge >= 0.3 is 5.97 Å². The Labute approximate surface area is 301 Å². The van der Waals surface area contributed by atoms with Crippen molar-refractivity contribution in [2.75, 3.05) is 36.3 Å². The van der Waals surface area contributed by atoms with E-state index in [-0.39, 0.29) is 34.3 Å². The number of carboxylic acid groups (broad SMARTS) is 1. The second kappa shape index (κ2) is 18.7. The smallest absolute Gasteiger partial charge is 0.339 e. The second-order valence-corrected chi connectivity index (χ2v) is 13.5. The predicted octanol–water partition coefficient (Wildman–Crippen LogP) is 7.48. The van der Waals surface area contributed by atoms with E-state index in [0.717, 1.165) is 49.1 Å². The van der Waals surface area contributed by atoms with Crippen LogP contribution in [-0.2, 0) is 10.0 Å². The van der Waals surface area contributed by atoms with Gasteiger partial charge in [-0.05, 0) is 112 Å². The van der Waals surface area contributed by atoms with Gasteiger partial charge in [-0.15, -0.1) is 0 Å². The van der Waals surface area contributed by atoms with Crippen molar-refractivity contribution in [3.05, 3.63) is 108 Å². The molecule has 2 aromatic heterocycles. The van der Waals surface area contributed by atoms with Gasteiger partial charge in [0.15, 0.2) is 0 Å². The lowest BCUT2D eigenvalue weighted by molar-refractivity contribution is 0.0693. The third kappa shape index (κ3) is 11.7. The van der Waals surface area contributed by atoms with Crippen LogP contribution in [0.2, 0.25) is 5.02 Å². The zero-order chi connectivity index (χ0) is 36.8. The van der Waals surface area contributed by atoms with Crippen molar-refractivity contribution in [2.24, 2.45) is 10.2 Å². The van der Waals surface area contributed by atoms with Crippen molar-refractivity contribution in [3.8, 4) is 5.75 Å². The highest BCUT2D eigenvalue weighted by Crippen LogP contribution is 2.27. The number of aromatic carboxylic acids is 1. The van der Waals surface area contributed by atoms with Gasteiger partial charge in [0, 0.05) is 41.1 Å².